The number of rotatable bonds is 2. The van der Waals surface area contributed by atoms with Crippen LogP contribution < -0.4 is 5.73 Å². The molecule has 1 unspecified atom stereocenters. The van der Waals surface area contributed by atoms with Crippen molar-refractivity contribution >= 4 is 17.4 Å². The van der Waals surface area contributed by atoms with Crippen molar-refractivity contribution in [3.05, 3.63) is 22.8 Å². The summed E-state index contributed by atoms with van der Waals surface area (Å²) in [6, 6.07) is 1.73. The standard InChI is InChI=1S/C12H17ClN2O/c13-9-6-10(12(14)15-7-9)11(16)8-4-2-1-3-5-8/h6-8,11,16H,1-5H2,(H2,14,15). The minimum atomic E-state index is -0.522. The third-order valence-corrected chi connectivity index (χ3v) is 3.54. The molecule has 0 bridgehead atoms. The van der Waals surface area contributed by atoms with Crippen molar-refractivity contribution in [3.63, 3.8) is 0 Å². The number of pyridine rings is 1. The van der Waals surface area contributed by atoms with Crippen molar-refractivity contribution in [2.75, 3.05) is 5.73 Å². The largest absolute Gasteiger partial charge is 0.388 e. The first-order valence-electron chi connectivity index (χ1n) is 5.77. The molecule has 1 aliphatic rings. The number of halogens is 1. The molecule has 4 heteroatoms. The van der Waals surface area contributed by atoms with E-state index in [4.69, 9.17) is 17.3 Å². The highest BCUT2D eigenvalue weighted by molar-refractivity contribution is 6.30. The SMILES string of the molecule is Nc1ncc(Cl)cc1C(O)C1CCCCC1. The molecule has 0 aromatic carbocycles. The molecular weight excluding hydrogens is 224 g/mol. The van der Waals surface area contributed by atoms with E-state index in [0.29, 0.717) is 22.3 Å². The van der Waals surface area contributed by atoms with E-state index < -0.39 is 6.10 Å². The lowest BCUT2D eigenvalue weighted by atomic mass is 9.83. The van der Waals surface area contributed by atoms with Gasteiger partial charge in [0.1, 0.15) is 5.82 Å². The first-order chi connectivity index (χ1) is 7.68. The van der Waals surface area contributed by atoms with Gasteiger partial charge in [-0.1, -0.05) is 30.9 Å². The van der Waals surface area contributed by atoms with E-state index in [-0.39, 0.29) is 0 Å². The van der Waals surface area contributed by atoms with Crippen LogP contribution in [0.1, 0.15) is 43.8 Å². The van der Waals surface area contributed by atoms with E-state index in [9.17, 15) is 5.11 Å². The van der Waals surface area contributed by atoms with Gasteiger partial charge >= 0.3 is 0 Å². The van der Waals surface area contributed by atoms with Gasteiger partial charge in [0.25, 0.3) is 0 Å². The average Bonchev–Trinajstić information content (AvgIpc) is 2.32. The summed E-state index contributed by atoms with van der Waals surface area (Å²) in [5, 5.41) is 10.8. The van der Waals surface area contributed by atoms with E-state index in [1.807, 2.05) is 0 Å². The lowest BCUT2D eigenvalue weighted by Gasteiger charge is -2.27. The molecular formula is C12H17ClN2O. The highest BCUT2D eigenvalue weighted by Crippen LogP contribution is 2.36. The molecule has 1 aromatic rings. The Kier molecular flexibility index (Phi) is 3.66. The number of nitrogens with two attached hydrogens (primary N) is 1. The highest BCUT2D eigenvalue weighted by Gasteiger charge is 2.25. The summed E-state index contributed by atoms with van der Waals surface area (Å²) in [5.74, 6) is 0.693. The van der Waals surface area contributed by atoms with Gasteiger partial charge < -0.3 is 10.8 Å². The number of nitrogens with zero attached hydrogens (tertiary/aromatic N) is 1. The number of aliphatic hydroxyl groups excluding tert-OH is 1. The molecule has 16 heavy (non-hydrogen) atoms. The predicted molar refractivity (Wildman–Crippen MR) is 65.2 cm³/mol. The summed E-state index contributed by atoms with van der Waals surface area (Å²) < 4.78 is 0. The Balaban J connectivity index is 2.18. The van der Waals surface area contributed by atoms with Crippen molar-refractivity contribution in [2.24, 2.45) is 5.92 Å². The summed E-state index contributed by atoms with van der Waals surface area (Å²) in [4.78, 5) is 3.98. The van der Waals surface area contributed by atoms with Crippen LogP contribution in [0.2, 0.25) is 5.02 Å². The van der Waals surface area contributed by atoms with Gasteiger partial charge in [0.2, 0.25) is 0 Å². The van der Waals surface area contributed by atoms with Crippen LogP contribution in [-0.2, 0) is 0 Å². The molecule has 1 fully saturated rings. The Labute approximate surface area is 101 Å². The van der Waals surface area contributed by atoms with Crippen molar-refractivity contribution < 1.29 is 5.11 Å². The Bertz CT molecular complexity index is 364. The molecule has 0 saturated heterocycles. The summed E-state index contributed by atoms with van der Waals surface area (Å²) >= 11 is 5.87. The van der Waals surface area contributed by atoms with Gasteiger partial charge in [0, 0.05) is 11.8 Å². The fourth-order valence-corrected chi connectivity index (χ4v) is 2.57. The molecule has 3 nitrogen and oxygen atoms in total. The summed E-state index contributed by atoms with van der Waals surface area (Å²) in [6.45, 7) is 0. The zero-order valence-electron chi connectivity index (χ0n) is 9.19. The summed E-state index contributed by atoms with van der Waals surface area (Å²) in [5.41, 5.74) is 6.45. The van der Waals surface area contributed by atoms with Crippen LogP contribution in [0.4, 0.5) is 5.82 Å². The van der Waals surface area contributed by atoms with E-state index in [1.165, 1.54) is 25.5 Å². The van der Waals surface area contributed by atoms with Crippen molar-refractivity contribution in [1.82, 2.24) is 4.98 Å². The maximum Gasteiger partial charge on any atom is 0.129 e. The molecule has 1 aromatic heterocycles. The molecule has 1 atom stereocenters. The maximum atomic E-state index is 10.3. The highest BCUT2D eigenvalue weighted by atomic mass is 35.5. The monoisotopic (exact) mass is 240 g/mol. The second kappa shape index (κ2) is 5.02. The molecule has 1 aliphatic carbocycles. The molecule has 0 aliphatic heterocycles. The van der Waals surface area contributed by atoms with Crippen LogP contribution in [0.15, 0.2) is 12.3 Å². The Morgan fingerprint density at radius 1 is 1.38 bits per heavy atom. The molecule has 1 heterocycles. The van der Waals surface area contributed by atoms with Crippen LogP contribution in [0.3, 0.4) is 0 Å². The molecule has 1 saturated carbocycles. The number of anilines is 1. The Morgan fingerprint density at radius 3 is 2.75 bits per heavy atom. The molecule has 0 spiro atoms. The zero-order valence-corrected chi connectivity index (χ0v) is 9.95. The Morgan fingerprint density at radius 2 is 2.06 bits per heavy atom. The summed E-state index contributed by atoms with van der Waals surface area (Å²) in [7, 11) is 0. The van der Waals surface area contributed by atoms with Gasteiger partial charge in [-0.2, -0.15) is 0 Å². The first kappa shape index (κ1) is 11.7. The number of aliphatic hydroxyl groups is 1. The van der Waals surface area contributed by atoms with Crippen LogP contribution in [-0.4, -0.2) is 10.1 Å². The van der Waals surface area contributed by atoms with Gasteiger partial charge in [-0.05, 0) is 24.8 Å². The third-order valence-electron chi connectivity index (χ3n) is 3.33. The number of aromatic nitrogens is 1. The zero-order chi connectivity index (χ0) is 11.5. The quantitative estimate of drug-likeness (QED) is 0.836. The molecule has 3 N–H and O–H groups in total. The number of hydrogen-bond donors (Lipinski definition) is 2. The van der Waals surface area contributed by atoms with Crippen LogP contribution in [0.25, 0.3) is 0 Å². The minimum Gasteiger partial charge on any atom is -0.388 e. The lowest BCUT2D eigenvalue weighted by Crippen LogP contribution is -2.17. The van der Waals surface area contributed by atoms with Crippen LogP contribution in [0.5, 0.6) is 0 Å². The van der Waals surface area contributed by atoms with Gasteiger partial charge in [-0.25, -0.2) is 4.98 Å². The lowest BCUT2D eigenvalue weighted by molar-refractivity contribution is 0.0852. The maximum absolute atomic E-state index is 10.3. The van der Waals surface area contributed by atoms with Crippen LogP contribution >= 0.6 is 11.6 Å². The fourth-order valence-electron chi connectivity index (χ4n) is 2.41. The van der Waals surface area contributed by atoms with Gasteiger partial charge in [0.05, 0.1) is 11.1 Å². The predicted octanol–water partition coefficient (Wildman–Crippen LogP) is 2.93. The van der Waals surface area contributed by atoms with Crippen LogP contribution in [0, 0.1) is 5.92 Å². The third kappa shape index (κ3) is 2.47. The van der Waals surface area contributed by atoms with Gasteiger partial charge in [0.15, 0.2) is 0 Å². The molecule has 0 radical (unpaired) electrons. The molecule has 0 amide bonds. The first-order valence-corrected chi connectivity index (χ1v) is 6.15. The van der Waals surface area contributed by atoms with Crippen molar-refractivity contribution in [2.45, 2.75) is 38.2 Å². The second-order valence-electron chi connectivity index (χ2n) is 4.47. The molecule has 2 rings (SSSR count). The van der Waals surface area contributed by atoms with E-state index in [1.54, 1.807) is 6.07 Å². The second-order valence-corrected chi connectivity index (χ2v) is 4.91. The minimum absolute atomic E-state index is 0.302. The van der Waals surface area contributed by atoms with E-state index in [0.717, 1.165) is 12.8 Å². The summed E-state index contributed by atoms with van der Waals surface area (Å²) in [6.07, 6.45) is 6.76. The number of hydrogen-bond acceptors (Lipinski definition) is 3. The van der Waals surface area contributed by atoms with E-state index in [2.05, 4.69) is 4.98 Å². The smallest absolute Gasteiger partial charge is 0.129 e. The topological polar surface area (TPSA) is 59.1 Å². The van der Waals surface area contributed by atoms with E-state index >= 15 is 0 Å². The van der Waals surface area contributed by atoms with Crippen molar-refractivity contribution in [1.29, 1.82) is 0 Å². The van der Waals surface area contributed by atoms with Crippen molar-refractivity contribution in [3.8, 4) is 0 Å². The average molecular weight is 241 g/mol. The molecule has 88 valence electrons. The fraction of sp³-hybridized carbons (Fsp3) is 0.583. The normalized spacial score (nSPS) is 19.6. The Hall–Kier alpha value is -0.800. The number of nitrogen functional groups attached to an aromatic ring is 1. The van der Waals surface area contributed by atoms with Gasteiger partial charge in [-0.3, -0.25) is 0 Å². The van der Waals surface area contributed by atoms with Gasteiger partial charge in [-0.15, -0.1) is 0 Å².